The van der Waals surface area contributed by atoms with E-state index in [1.54, 1.807) is 31.2 Å². The summed E-state index contributed by atoms with van der Waals surface area (Å²) < 4.78 is 10.3. The number of carbonyl (C=O) groups is 2. The SMILES string of the molecule is CCOC(=O)Cc1ccc(NC(=O)c2coc3ccccc23)c(Cl)c1. The average molecular weight is 358 g/mol. The van der Waals surface area contributed by atoms with E-state index in [1.165, 1.54) is 6.26 Å². The van der Waals surface area contributed by atoms with E-state index in [4.69, 9.17) is 20.8 Å². The Kier molecular flexibility index (Phi) is 5.05. The number of esters is 1. The molecule has 0 fully saturated rings. The molecule has 0 atom stereocenters. The number of rotatable bonds is 5. The van der Waals surface area contributed by atoms with E-state index in [0.717, 1.165) is 10.9 Å². The molecule has 0 unspecified atom stereocenters. The summed E-state index contributed by atoms with van der Waals surface area (Å²) in [6.45, 7) is 2.09. The molecule has 0 aliphatic rings. The Morgan fingerprint density at radius 2 is 2.00 bits per heavy atom. The fourth-order valence-corrected chi connectivity index (χ4v) is 2.74. The molecule has 6 heteroatoms. The Balaban J connectivity index is 1.76. The van der Waals surface area contributed by atoms with Crippen LogP contribution < -0.4 is 5.32 Å². The van der Waals surface area contributed by atoms with E-state index in [1.807, 2.05) is 18.2 Å². The number of furan rings is 1. The van der Waals surface area contributed by atoms with Crippen molar-refractivity contribution in [2.45, 2.75) is 13.3 Å². The normalized spacial score (nSPS) is 10.6. The van der Waals surface area contributed by atoms with Crippen molar-refractivity contribution >= 4 is 40.1 Å². The molecule has 0 spiro atoms. The lowest BCUT2D eigenvalue weighted by Crippen LogP contribution is -2.12. The molecule has 0 saturated carbocycles. The first-order valence-electron chi connectivity index (χ1n) is 7.80. The Hall–Kier alpha value is -2.79. The van der Waals surface area contributed by atoms with Crippen LogP contribution in [-0.2, 0) is 16.0 Å². The summed E-state index contributed by atoms with van der Waals surface area (Å²) in [7, 11) is 0. The lowest BCUT2D eigenvalue weighted by atomic mass is 10.1. The molecule has 0 radical (unpaired) electrons. The molecule has 0 aliphatic heterocycles. The van der Waals surface area contributed by atoms with Gasteiger partial charge in [-0.25, -0.2) is 0 Å². The van der Waals surface area contributed by atoms with Crippen molar-refractivity contribution in [3.8, 4) is 0 Å². The van der Waals surface area contributed by atoms with Crippen LogP contribution in [0.2, 0.25) is 5.02 Å². The number of benzene rings is 2. The van der Waals surface area contributed by atoms with Crippen LogP contribution >= 0.6 is 11.6 Å². The second-order valence-corrected chi connectivity index (χ2v) is 5.80. The first kappa shape index (κ1) is 17.0. The molecule has 1 heterocycles. The van der Waals surface area contributed by atoms with Gasteiger partial charge in [-0.1, -0.05) is 35.9 Å². The molecule has 25 heavy (non-hydrogen) atoms. The van der Waals surface area contributed by atoms with E-state index in [2.05, 4.69) is 5.32 Å². The maximum atomic E-state index is 12.5. The number of fused-ring (bicyclic) bond motifs is 1. The van der Waals surface area contributed by atoms with Gasteiger partial charge in [0, 0.05) is 5.39 Å². The third-order valence-electron chi connectivity index (χ3n) is 3.66. The molecule has 3 rings (SSSR count). The van der Waals surface area contributed by atoms with Crippen LogP contribution in [0.3, 0.4) is 0 Å². The molecular formula is C19H16ClNO4. The number of nitrogens with one attached hydrogen (secondary N) is 1. The van der Waals surface area contributed by atoms with Crippen LogP contribution in [0.1, 0.15) is 22.8 Å². The summed E-state index contributed by atoms with van der Waals surface area (Å²) in [5.74, 6) is -0.634. The van der Waals surface area contributed by atoms with Crippen LogP contribution in [0.4, 0.5) is 5.69 Å². The summed E-state index contributed by atoms with van der Waals surface area (Å²) in [5.41, 5.74) is 2.26. The molecule has 1 N–H and O–H groups in total. The third kappa shape index (κ3) is 3.83. The van der Waals surface area contributed by atoms with Crippen LogP contribution in [0.5, 0.6) is 0 Å². The molecule has 1 amide bonds. The first-order chi connectivity index (χ1) is 12.1. The van der Waals surface area contributed by atoms with Crippen molar-refractivity contribution in [3.63, 3.8) is 0 Å². The van der Waals surface area contributed by atoms with Crippen molar-refractivity contribution in [1.82, 2.24) is 0 Å². The predicted octanol–water partition coefficient (Wildman–Crippen LogP) is 4.44. The lowest BCUT2D eigenvalue weighted by molar-refractivity contribution is -0.142. The Morgan fingerprint density at radius 1 is 1.20 bits per heavy atom. The van der Waals surface area contributed by atoms with Gasteiger partial charge >= 0.3 is 5.97 Å². The smallest absolute Gasteiger partial charge is 0.310 e. The molecule has 128 valence electrons. The van der Waals surface area contributed by atoms with Crippen molar-refractivity contribution in [2.75, 3.05) is 11.9 Å². The van der Waals surface area contributed by atoms with Crippen LogP contribution in [-0.4, -0.2) is 18.5 Å². The van der Waals surface area contributed by atoms with Crippen LogP contribution in [0, 0.1) is 0 Å². The number of ether oxygens (including phenoxy) is 1. The van der Waals surface area contributed by atoms with Crippen LogP contribution in [0.15, 0.2) is 53.1 Å². The molecule has 2 aromatic carbocycles. The summed E-state index contributed by atoms with van der Waals surface area (Å²) in [6, 6.07) is 12.3. The fraction of sp³-hybridized carbons (Fsp3) is 0.158. The van der Waals surface area contributed by atoms with E-state index in [0.29, 0.717) is 28.5 Å². The van der Waals surface area contributed by atoms with E-state index in [-0.39, 0.29) is 18.3 Å². The molecule has 3 aromatic rings. The summed E-state index contributed by atoms with van der Waals surface area (Å²) in [6.07, 6.45) is 1.55. The van der Waals surface area contributed by atoms with E-state index >= 15 is 0 Å². The number of anilines is 1. The maximum absolute atomic E-state index is 12.5. The Labute approximate surface area is 149 Å². The van der Waals surface area contributed by atoms with Gasteiger partial charge in [-0.15, -0.1) is 0 Å². The molecular weight excluding hydrogens is 342 g/mol. The average Bonchev–Trinajstić information content (AvgIpc) is 3.01. The van der Waals surface area contributed by atoms with Gasteiger partial charge in [-0.3, -0.25) is 9.59 Å². The number of para-hydroxylation sites is 1. The fourth-order valence-electron chi connectivity index (χ4n) is 2.49. The van der Waals surface area contributed by atoms with Gasteiger partial charge in [0.1, 0.15) is 11.8 Å². The van der Waals surface area contributed by atoms with Gasteiger partial charge in [0.05, 0.1) is 29.3 Å². The monoisotopic (exact) mass is 357 g/mol. The minimum atomic E-state index is -0.319. The molecule has 5 nitrogen and oxygen atoms in total. The highest BCUT2D eigenvalue weighted by atomic mass is 35.5. The minimum absolute atomic E-state index is 0.133. The highest BCUT2D eigenvalue weighted by Crippen LogP contribution is 2.26. The molecule has 0 aliphatic carbocycles. The maximum Gasteiger partial charge on any atom is 0.310 e. The quantitative estimate of drug-likeness (QED) is 0.685. The molecule has 0 bridgehead atoms. The van der Waals surface area contributed by atoms with Crippen LogP contribution in [0.25, 0.3) is 11.0 Å². The second kappa shape index (κ2) is 7.40. The zero-order valence-corrected chi connectivity index (χ0v) is 14.3. The number of halogens is 1. The van der Waals surface area contributed by atoms with Gasteiger partial charge in [-0.05, 0) is 30.7 Å². The van der Waals surface area contributed by atoms with Crippen molar-refractivity contribution in [1.29, 1.82) is 0 Å². The molecule has 0 saturated heterocycles. The summed E-state index contributed by atoms with van der Waals surface area (Å²) >= 11 is 6.22. The highest BCUT2D eigenvalue weighted by molar-refractivity contribution is 6.34. The van der Waals surface area contributed by atoms with Gasteiger partial charge < -0.3 is 14.5 Å². The number of carbonyl (C=O) groups excluding carboxylic acids is 2. The summed E-state index contributed by atoms with van der Waals surface area (Å²) in [4.78, 5) is 24.0. The van der Waals surface area contributed by atoms with Crippen molar-refractivity contribution in [3.05, 3.63) is 64.9 Å². The van der Waals surface area contributed by atoms with Crippen molar-refractivity contribution < 1.29 is 18.7 Å². The van der Waals surface area contributed by atoms with Gasteiger partial charge in [0.25, 0.3) is 5.91 Å². The van der Waals surface area contributed by atoms with E-state index in [9.17, 15) is 9.59 Å². The second-order valence-electron chi connectivity index (χ2n) is 5.40. The number of amides is 1. The topological polar surface area (TPSA) is 68.5 Å². The zero-order valence-electron chi connectivity index (χ0n) is 13.5. The zero-order chi connectivity index (χ0) is 17.8. The predicted molar refractivity (Wildman–Crippen MR) is 96.0 cm³/mol. The van der Waals surface area contributed by atoms with E-state index < -0.39 is 0 Å². The standard InChI is InChI=1S/C19H16ClNO4/c1-2-24-18(22)10-12-7-8-16(15(20)9-12)21-19(23)14-11-25-17-6-4-3-5-13(14)17/h3-9,11H,2,10H2,1H3,(H,21,23). The summed E-state index contributed by atoms with van der Waals surface area (Å²) in [5, 5.41) is 3.84. The first-order valence-corrected chi connectivity index (χ1v) is 8.18. The minimum Gasteiger partial charge on any atom is -0.466 e. The van der Waals surface area contributed by atoms with Gasteiger partial charge in [-0.2, -0.15) is 0 Å². The highest BCUT2D eigenvalue weighted by Gasteiger charge is 2.15. The Bertz CT molecular complexity index is 932. The largest absolute Gasteiger partial charge is 0.466 e. The third-order valence-corrected chi connectivity index (χ3v) is 3.97. The molecule has 1 aromatic heterocycles. The van der Waals surface area contributed by atoms with Crippen molar-refractivity contribution in [2.24, 2.45) is 0 Å². The van der Waals surface area contributed by atoms with Gasteiger partial charge in [0.2, 0.25) is 0 Å². The number of hydrogen-bond donors (Lipinski definition) is 1. The number of hydrogen-bond acceptors (Lipinski definition) is 4. The van der Waals surface area contributed by atoms with Gasteiger partial charge in [0.15, 0.2) is 0 Å². The Morgan fingerprint density at radius 3 is 2.76 bits per heavy atom. The lowest BCUT2D eigenvalue weighted by Gasteiger charge is -2.08.